The number of carbonyl (C=O) groups is 3. The van der Waals surface area contributed by atoms with Crippen LogP contribution >= 0.6 is 0 Å². The van der Waals surface area contributed by atoms with E-state index >= 15 is 0 Å². The van der Waals surface area contributed by atoms with Crippen molar-refractivity contribution in [1.82, 2.24) is 19.9 Å². The quantitative estimate of drug-likeness (QED) is 0.247. The molecule has 0 aliphatic carbocycles. The predicted molar refractivity (Wildman–Crippen MR) is 146 cm³/mol. The van der Waals surface area contributed by atoms with E-state index in [1.807, 2.05) is 0 Å². The van der Waals surface area contributed by atoms with Crippen LogP contribution in [0.5, 0.6) is 0 Å². The lowest BCUT2D eigenvalue weighted by Gasteiger charge is -2.24. The summed E-state index contributed by atoms with van der Waals surface area (Å²) in [5.74, 6) is -0.907. The van der Waals surface area contributed by atoms with E-state index in [0.717, 1.165) is 0 Å². The summed E-state index contributed by atoms with van der Waals surface area (Å²) in [7, 11) is 0. The van der Waals surface area contributed by atoms with Gasteiger partial charge in [-0.25, -0.2) is 19.7 Å². The number of nitrogens with one attached hydrogen (secondary N) is 1. The van der Waals surface area contributed by atoms with Crippen molar-refractivity contribution in [2.75, 3.05) is 27.4 Å². The molecular weight excluding hydrogens is 500 g/mol. The molecule has 0 saturated heterocycles. The van der Waals surface area contributed by atoms with Crippen LogP contribution in [0.1, 0.15) is 22.8 Å². The fraction of sp³-hybridized carbons (Fsp3) is 0.148. The van der Waals surface area contributed by atoms with Gasteiger partial charge in [-0.1, -0.05) is 12.1 Å². The van der Waals surface area contributed by atoms with Gasteiger partial charge in [0.25, 0.3) is 5.91 Å². The van der Waals surface area contributed by atoms with Crippen molar-refractivity contribution < 1.29 is 19.5 Å². The van der Waals surface area contributed by atoms with Crippen molar-refractivity contribution in [3.63, 3.8) is 0 Å². The van der Waals surface area contributed by atoms with E-state index in [9.17, 15) is 19.5 Å². The van der Waals surface area contributed by atoms with Crippen LogP contribution in [-0.4, -0.2) is 55.9 Å². The van der Waals surface area contributed by atoms with Gasteiger partial charge in [0.15, 0.2) is 11.6 Å². The standard InChI is InChI=1S/C27H26N8O4/c1-2-34(26(37)19-9-12-29-13-10-19)23-15-30-16-32-24(23)33-22(27(38)39)14-18-5-7-20(8-6-18)35(17-36)25-21(28)4-3-11-31-25/h3-13,15-17,22H,2,14,28H2,1H3,(H,38,39)(H,30,32,33)/t22-/m0/s1. The molecule has 1 aromatic carbocycles. The number of aromatic nitrogens is 4. The first-order chi connectivity index (χ1) is 18.9. The average Bonchev–Trinajstić information content (AvgIpc) is 2.96. The molecule has 4 rings (SSSR count). The normalized spacial score (nSPS) is 11.3. The SMILES string of the molecule is CCN(C(=O)c1ccncc1)c1cncnc1N[C@@H](Cc1ccc(N(C=O)c2ncccc2N)cc1)C(=O)O. The maximum Gasteiger partial charge on any atom is 0.326 e. The van der Waals surface area contributed by atoms with Crippen molar-refractivity contribution in [1.29, 1.82) is 0 Å². The van der Waals surface area contributed by atoms with Gasteiger partial charge in [-0.3, -0.25) is 19.5 Å². The lowest BCUT2D eigenvalue weighted by Crippen LogP contribution is -2.35. The molecular formula is C27H26N8O4. The minimum atomic E-state index is -1.11. The summed E-state index contributed by atoms with van der Waals surface area (Å²) in [4.78, 5) is 56.2. The van der Waals surface area contributed by atoms with E-state index in [2.05, 4.69) is 25.3 Å². The molecule has 39 heavy (non-hydrogen) atoms. The number of amides is 2. The molecule has 12 nitrogen and oxygen atoms in total. The van der Waals surface area contributed by atoms with Crippen molar-refractivity contribution in [2.24, 2.45) is 0 Å². The smallest absolute Gasteiger partial charge is 0.326 e. The lowest BCUT2D eigenvalue weighted by atomic mass is 10.1. The third-order valence-corrected chi connectivity index (χ3v) is 5.89. The van der Waals surface area contributed by atoms with E-state index in [1.165, 1.54) is 40.9 Å². The molecule has 1 atom stereocenters. The average molecular weight is 527 g/mol. The van der Waals surface area contributed by atoms with Crippen LogP contribution in [-0.2, 0) is 16.0 Å². The first-order valence-electron chi connectivity index (χ1n) is 12.0. The fourth-order valence-corrected chi connectivity index (χ4v) is 3.94. The summed E-state index contributed by atoms with van der Waals surface area (Å²) in [6.45, 7) is 2.10. The molecule has 0 fully saturated rings. The van der Waals surface area contributed by atoms with Gasteiger partial charge in [0, 0.05) is 37.1 Å². The third kappa shape index (κ3) is 6.13. The molecule has 0 radical (unpaired) electrons. The van der Waals surface area contributed by atoms with Gasteiger partial charge in [-0.15, -0.1) is 0 Å². The monoisotopic (exact) mass is 526 g/mol. The minimum absolute atomic E-state index is 0.0935. The second-order valence-corrected chi connectivity index (χ2v) is 8.34. The van der Waals surface area contributed by atoms with Crippen LogP contribution < -0.4 is 20.9 Å². The Morgan fingerprint density at radius 3 is 2.44 bits per heavy atom. The van der Waals surface area contributed by atoms with E-state index in [0.29, 0.717) is 47.0 Å². The van der Waals surface area contributed by atoms with E-state index in [1.54, 1.807) is 55.5 Å². The molecule has 198 valence electrons. The molecule has 4 aromatic rings. The molecule has 3 aromatic heterocycles. The summed E-state index contributed by atoms with van der Waals surface area (Å²) in [6, 6.07) is 12.2. The number of hydrogen-bond donors (Lipinski definition) is 3. The zero-order valence-electron chi connectivity index (χ0n) is 21.0. The number of carbonyl (C=O) groups excluding carboxylic acids is 2. The third-order valence-electron chi connectivity index (χ3n) is 5.89. The van der Waals surface area contributed by atoms with Crippen molar-refractivity contribution >= 4 is 47.0 Å². The van der Waals surface area contributed by atoms with Gasteiger partial charge in [0.2, 0.25) is 6.41 Å². The van der Waals surface area contributed by atoms with Crippen LogP contribution in [0.4, 0.5) is 28.7 Å². The number of carboxylic acid groups (broad SMARTS) is 1. The number of nitrogens with zero attached hydrogens (tertiary/aromatic N) is 6. The van der Waals surface area contributed by atoms with Crippen LogP contribution in [0.3, 0.4) is 0 Å². The number of carboxylic acids is 1. The molecule has 12 heteroatoms. The van der Waals surface area contributed by atoms with Crippen LogP contribution in [0, 0.1) is 0 Å². The minimum Gasteiger partial charge on any atom is -0.480 e. The largest absolute Gasteiger partial charge is 0.480 e. The zero-order chi connectivity index (χ0) is 27.8. The summed E-state index contributed by atoms with van der Waals surface area (Å²) in [5.41, 5.74) is 8.28. The van der Waals surface area contributed by atoms with Gasteiger partial charge in [-0.05, 0) is 48.9 Å². The van der Waals surface area contributed by atoms with Gasteiger partial charge in [0.05, 0.1) is 17.6 Å². The Balaban J connectivity index is 1.55. The van der Waals surface area contributed by atoms with Crippen LogP contribution in [0.15, 0.2) is 79.6 Å². The van der Waals surface area contributed by atoms with Crippen molar-refractivity contribution in [2.45, 2.75) is 19.4 Å². The first-order valence-corrected chi connectivity index (χ1v) is 12.0. The second-order valence-electron chi connectivity index (χ2n) is 8.34. The van der Waals surface area contributed by atoms with E-state index < -0.39 is 12.0 Å². The summed E-state index contributed by atoms with van der Waals surface area (Å²) >= 11 is 0. The zero-order valence-corrected chi connectivity index (χ0v) is 21.0. The maximum atomic E-state index is 13.1. The fourth-order valence-electron chi connectivity index (χ4n) is 3.94. The number of benzene rings is 1. The van der Waals surface area contributed by atoms with E-state index in [4.69, 9.17) is 5.73 Å². The molecule has 2 amide bonds. The Labute approximate surface area is 224 Å². The molecule has 0 saturated carbocycles. The van der Waals surface area contributed by atoms with Crippen molar-refractivity contribution in [3.8, 4) is 0 Å². The summed E-state index contributed by atoms with van der Waals surface area (Å²) in [5, 5.41) is 12.9. The Hall–Kier alpha value is -5.39. The number of rotatable bonds is 11. The molecule has 0 aliphatic heterocycles. The number of hydrogen-bond acceptors (Lipinski definition) is 9. The van der Waals surface area contributed by atoms with E-state index in [-0.39, 0.29) is 18.1 Å². The molecule has 0 bridgehead atoms. The Bertz CT molecular complexity index is 1450. The van der Waals surface area contributed by atoms with Gasteiger partial charge >= 0.3 is 5.97 Å². The molecule has 3 heterocycles. The predicted octanol–water partition coefficient (Wildman–Crippen LogP) is 2.92. The Morgan fingerprint density at radius 1 is 1.05 bits per heavy atom. The second kappa shape index (κ2) is 12.2. The number of pyridine rings is 2. The number of anilines is 5. The topological polar surface area (TPSA) is 168 Å². The molecule has 4 N–H and O–H groups in total. The Morgan fingerprint density at radius 2 is 1.79 bits per heavy atom. The highest BCUT2D eigenvalue weighted by molar-refractivity contribution is 6.07. The van der Waals surface area contributed by atoms with Crippen LogP contribution in [0.25, 0.3) is 0 Å². The highest BCUT2D eigenvalue weighted by atomic mass is 16.4. The molecule has 0 aliphatic rings. The summed E-state index contributed by atoms with van der Waals surface area (Å²) < 4.78 is 0. The maximum absolute atomic E-state index is 13.1. The number of nitrogen functional groups attached to an aromatic ring is 1. The van der Waals surface area contributed by atoms with Gasteiger partial charge in [0.1, 0.15) is 18.1 Å². The van der Waals surface area contributed by atoms with Crippen LogP contribution in [0.2, 0.25) is 0 Å². The first kappa shape index (κ1) is 26.7. The number of aliphatic carboxylic acids is 1. The highest BCUT2D eigenvalue weighted by Gasteiger charge is 2.24. The van der Waals surface area contributed by atoms with Crippen molar-refractivity contribution in [3.05, 3.63) is 90.8 Å². The van der Waals surface area contributed by atoms with Gasteiger partial charge in [-0.2, -0.15) is 0 Å². The number of nitrogens with two attached hydrogens (primary N) is 1. The highest BCUT2D eigenvalue weighted by Crippen LogP contribution is 2.28. The molecule has 0 spiro atoms. The van der Waals surface area contributed by atoms with Gasteiger partial charge < -0.3 is 21.1 Å². The lowest BCUT2D eigenvalue weighted by molar-refractivity contribution is -0.137. The summed E-state index contributed by atoms with van der Waals surface area (Å²) in [6.07, 6.45) is 8.02. The molecule has 0 unspecified atom stereocenters. The Kier molecular flexibility index (Phi) is 8.36.